The zero-order valence-electron chi connectivity index (χ0n) is 21.0. The molecule has 41 heavy (non-hydrogen) atoms. The molecule has 12 nitrogen and oxygen atoms in total. The number of phenols is 6. The fraction of sp³-hybridized carbons (Fsp3) is 0.207. The van der Waals surface area contributed by atoms with Gasteiger partial charge in [-0.25, -0.2) is 0 Å². The molecule has 0 bridgehead atoms. The molecule has 0 radical (unpaired) electrons. The molecule has 4 atom stereocenters. The van der Waals surface area contributed by atoms with Gasteiger partial charge in [-0.3, -0.25) is 4.79 Å². The van der Waals surface area contributed by atoms with Crippen molar-refractivity contribution in [1.82, 2.24) is 0 Å². The lowest BCUT2D eigenvalue weighted by atomic mass is 9.91. The zero-order chi connectivity index (χ0) is 29.3. The predicted octanol–water partition coefficient (Wildman–Crippen LogP) is 2.21. The van der Waals surface area contributed by atoms with Crippen LogP contribution in [0.2, 0.25) is 0 Å². The lowest BCUT2D eigenvalue weighted by molar-refractivity contribution is 0.0185. The highest BCUT2D eigenvalue weighted by atomic mass is 16.5. The molecule has 9 N–H and O–H groups in total. The van der Waals surface area contributed by atoms with Gasteiger partial charge in [0.05, 0.1) is 17.6 Å². The van der Waals surface area contributed by atoms with Crippen molar-refractivity contribution in [2.24, 2.45) is 0 Å². The lowest BCUT2D eigenvalue weighted by Gasteiger charge is -2.32. The molecule has 6 rings (SSSR count). The first-order valence-corrected chi connectivity index (χ1v) is 12.5. The first-order valence-electron chi connectivity index (χ1n) is 12.5. The Morgan fingerprint density at radius 1 is 0.610 bits per heavy atom. The number of hydrogen-bond donors (Lipinski definition) is 9. The van der Waals surface area contributed by atoms with E-state index < -0.39 is 52.5 Å². The van der Waals surface area contributed by atoms with Gasteiger partial charge in [-0.15, -0.1) is 0 Å². The van der Waals surface area contributed by atoms with Crippen LogP contribution >= 0.6 is 0 Å². The number of hydrogen-bond acceptors (Lipinski definition) is 12. The Balaban J connectivity index is 1.52. The van der Waals surface area contributed by atoms with Gasteiger partial charge in [-0.05, 0) is 11.5 Å². The summed E-state index contributed by atoms with van der Waals surface area (Å²) in [6, 6.07) is 8.28. The molecular weight excluding hydrogens is 540 g/mol. The summed E-state index contributed by atoms with van der Waals surface area (Å²) in [4.78, 5) is 13.5. The van der Waals surface area contributed by atoms with Crippen molar-refractivity contribution in [2.45, 2.75) is 37.3 Å². The highest BCUT2D eigenvalue weighted by Gasteiger charge is 2.37. The van der Waals surface area contributed by atoms with Crippen molar-refractivity contribution < 1.29 is 55.4 Å². The van der Waals surface area contributed by atoms with E-state index in [4.69, 9.17) is 9.47 Å². The number of aromatic hydroxyl groups is 7. The minimum absolute atomic E-state index is 0.0192. The van der Waals surface area contributed by atoms with Crippen LogP contribution in [0.3, 0.4) is 0 Å². The Kier molecular flexibility index (Phi) is 5.90. The Morgan fingerprint density at radius 3 is 1.66 bits per heavy atom. The van der Waals surface area contributed by atoms with Crippen molar-refractivity contribution in [1.29, 1.82) is 0 Å². The van der Waals surface area contributed by atoms with Crippen LogP contribution in [0.25, 0.3) is 10.8 Å². The van der Waals surface area contributed by atoms with Gasteiger partial charge in [0.2, 0.25) is 5.43 Å². The summed E-state index contributed by atoms with van der Waals surface area (Å²) in [5.41, 5.74) is -0.835. The van der Waals surface area contributed by atoms with Crippen LogP contribution in [0.1, 0.15) is 34.5 Å². The summed E-state index contributed by atoms with van der Waals surface area (Å²) in [5.74, 6) is -3.65. The van der Waals surface area contributed by atoms with E-state index in [0.29, 0.717) is 0 Å². The normalized spacial score (nSPS) is 21.4. The van der Waals surface area contributed by atoms with Gasteiger partial charge in [0.15, 0.2) is 29.5 Å². The molecule has 4 aromatic rings. The molecule has 0 saturated heterocycles. The van der Waals surface area contributed by atoms with Gasteiger partial charge in [-0.2, -0.15) is 0 Å². The summed E-state index contributed by atoms with van der Waals surface area (Å²) in [7, 11) is 0. The van der Waals surface area contributed by atoms with Crippen LogP contribution in [0, 0.1) is 0 Å². The monoisotopic (exact) mass is 564 g/mol. The van der Waals surface area contributed by atoms with Crippen molar-refractivity contribution in [2.75, 3.05) is 0 Å². The first-order chi connectivity index (χ1) is 19.4. The minimum atomic E-state index is -1.35. The fourth-order valence-electron chi connectivity index (χ4n) is 5.53. The van der Waals surface area contributed by atoms with E-state index in [1.807, 2.05) is 0 Å². The molecule has 2 aliphatic rings. The molecule has 4 unspecified atom stereocenters. The van der Waals surface area contributed by atoms with Gasteiger partial charge in [-0.1, -0.05) is 12.1 Å². The molecular formula is C29H24O12. The van der Waals surface area contributed by atoms with E-state index in [9.17, 15) is 50.8 Å². The van der Waals surface area contributed by atoms with Crippen LogP contribution in [0.5, 0.6) is 51.7 Å². The third-order valence-corrected chi connectivity index (χ3v) is 7.48. The van der Waals surface area contributed by atoms with E-state index in [-0.39, 0.29) is 75.0 Å². The van der Waals surface area contributed by atoms with Gasteiger partial charge in [0, 0.05) is 59.4 Å². The van der Waals surface area contributed by atoms with Gasteiger partial charge >= 0.3 is 0 Å². The summed E-state index contributed by atoms with van der Waals surface area (Å²) >= 11 is 0. The Hall–Kier alpha value is -5.07. The molecule has 12 heteroatoms. The maximum absolute atomic E-state index is 13.5. The summed E-state index contributed by atoms with van der Waals surface area (Å²) in [6.45, 7) is 0. The fourth-order valence-corrected chi connectivity index (χ4v) is 5.53. The highest BCUT2D eigenvalue weighted by Crippen LogP contribution is 2.47. The Morgan fingerprint density at radius 2 is 1.12 bits per heavy atom. The summed E-state index contributed by atoms with van der Waals surface area (Å²) < 4.78 is 11.7. The number of phenolic OH excluding ortho intramolecular Hbond substituents is 6. The number of rotatable bonds is 2. The van der Waals surface area contributed by atoms with Crippen LogP contribution < -0.4 is 14.9 Å². The quantitative estimate of drug-likeness (QED) is 0.160. The van der Waals surface area contributed by atoms with Crippen molar-refractivity contribution in [3.05, 3.63) is 74.9 Å². The van der Waals surface area contributed by atoms with E-state index in [1.165, 1.54) is 24.3 Å². The number of aliphatic hydroxyl groups is 2. The molecule has 0 aliphatic carbocycles. The van der Waals surface area contributed by atoms with E-state index in [2.05, 4.69) is 0 Å². The highest BCUT2D eigenvalue weighted by molar-refractivity contribution is 5.94. The van der Waals surface area contributed by atoms with E-state index >= 15 is 0 Å². The number of benzene rings is 3. The van der Waals surface area contributed by atoms with Crippen LogP contribution in [0.4, 0.5) is 0 Å². The number of ether oxygens (including phenoxy) is 2. The largest absolute Gasteiger partial charge is 0.508 e. The molecule has 0 spiro atoms. The van der Waals surface area contributed by atoms with Crippen molar-refractivity contribution >= 4 is 10.8 Å². The van der Waals surface area contributed by atoms with Gasteiger partial charge < -0.3 is 55.4 Å². The maximum atomic E-state index is 13.5. The number of aliphatic hydroxyl groups excluding tert-OH is 2. The second-order valence-corrected chi connectivity index (χ2v) is 10.1. The standard InChI is InChI=1S/C29H24O12/c30-10-3-17(32)15-8-20(35)28(40-22(15)5-10)13-2-1-12-14(7-19(34)26(38)24(12)27(39)25(13)37)29-21(36)9-16-18(33)4-11(31)6-23(16)41-29/h1-7,20-21,28-36,38H,8-9H2,(H,37,39). The molecule has 2 heterocycles. The number of fused-ring (bicyclic) bond motifs is 3. The van der Waals surface area contributed by atoms with Gasteiger partial charge in [0.1, 0.15) is 34.5 Å². The molecule has 0 saturated carbocycles. The molecule has 0 amide bonds. The van der Waals surface area contributed by atoms with Crippen LogP contribution in [-0.2, 0) is 12.8 Å². The third-order valence-electron chi connectivity index (χ3n) is 7.48. The van der Waals surface area contributed by atoms with E-state index in [0.717, 1.165) is 18.2 Å². The van der Waals surface area contributed by atoms with Crippen LogP contribution in [0.15, 0.2) is 47.3 Å². The van der Waals surface area contributed by atoms with Gasteiger partial charge in [0.25, 0.3) is 0 Å². The molecule has 0 fully saturated rings. The summed E-state index contributed by atoms with van der Waals surface area (Å²) in [6.07, 6.45) is -5.51. The Labute approximate surface area is 230 Å². The van der Waals surface area contributed by atoms with E-state index in [1.54, 1.807) is 0 Å². The average Bonchev–Trinajstić information content (AvgIpc) is 3.03. The zero-order valence-corrected chi connectivity index (χ0v) is 21.0. The van der Waals surface area contributed by atoms with Crippen LogP contribution in [-0.4, -0.2) is 58.2 Å². The first kappa shape index (κ1) is 26.2. The topological polar surface area (TPSA) is 218 Å². The Bertz CT molecular complexity index is 1800. The van der Waals surface area contributed by atoms with Crippen molar-refractivity contribution in [3.8, 4) is 51.7 Å². The SMILES string of the molecule is O=c1c(O)c(C2Oc3cc(O)cc(O)c3CC2O)ccc2c(C3Oc4cc(O)cc(O)c4CC3O)cc(O)c(O)c12. The maximum Gasteiger partial charge on any atom is 0.232 e. The predicted molar refractivity (Wildman–Crippen MR) is 141 cm³/mol. The molecule has 2 aliphatic heterocycles. The molecule has 4 aromatic carbocycles. The molecule has 212 valence electrons. The summed E-state index contributed by atoms with van der Waals surface area (Å²) in [5, 5.41) is 93.5. The second-order valence-electron chi connectivity index (χ2n) is 10.1. The third kappa shape index (κ3) is 4.12. The molecule has 0 aromatic heterocycles. The van der Waals surface area contributed by atoms with Crippen molar-refractivity contribution in [3.63, 3.8) is 0 Å². The smallest absolute Gasteiger partial charge is 0.232 e. The minimum Gasteiger partial charge on any atom is -0.508 e. The average molecular weight is 564 g/mol. The second kappa shape index (κ2) is 9.25. The lowest BCUT2D eigenvalue weighted by Crippen LogP contribution is -2.30.